The fourth-order valence-electron chi connectivity index (χ4n) is 3.47. The van der Waals surface area contributed by atoms with Crippen LogP contribution in [0.4, 0.5) is 0 Å². The average molecular weight is 381 g/mol. The largest absolute Gasteiger partial charge is 0.342 e. The van der Waals surface area contributed by atoms with Gasteiger partial charge in [0.05, 0.1) is 0 Å². The molecule has 1 fully saturated rings. The highest BCUT2D eigenvalue weighted by Gasteiger charge is 2.25. The first kappa shape index (κ1) is 22.7. The molecule has 1 aromatic carbocycles. The third kappa shape index (κ3) is 7.08. The Morgan fingerprint density at radius 1 is 1.15 bits per heavy atom. The van der Waals surface area contributed by atoms with E-state index < -0.39 is 0 Å². The van der Waals surface area contributed by atoms with E-state index >= 15 is 0 Å². The van der Waals surface area contributed by atoms with E-state index in [0.717, 1.165) is 38.0 Å². The van der Waals surface area contributed by atoms with Crippen LogP contribution in [0.2, 0.25) is 0 Å². The predicted molar refractivity (Wildman–Crippen MR) is 109 cm³/mol. The molecule has 4 nitrogen and oxygen atoms in total. The maximum Gasteiger partial charge on any atom is 0.223 e. The molecule has 0 spiro atoms. The second-order valence-corrected chi connectivity index (χ2v) is 7.13. The van der Waals surface area contributed by atoms with E-state index in [0.29, 0.717) is 18.8 Å². The Balaban J connectivity index is 0.00000338. The molecule has 0 aliphatic carbocycles. The molecule has 1 unspecified atom stereocenters. The first-order valence-corrected chi connectivity index (χ1v) is 9.68. The van der Waals surface area contributed by atoms with Crippen LogP contribution in [-0.2, 0) is 11.2 Å². The van der Waals surface area contributed by atoms with Crippen LogP contribution in [0.1, 0.15) is 61.4 Å². The summed E-state index contributed by atoms with van der Waals surface area (Å²) >= 11 is 0. The summed E-state index contributed by atoms with van der Waals surface area (Å²) in [5, 5.41) is 3.17. The van der Waals surface area contributed by atoms with Gasteiger partial charge in [0.25, 0.3) is 0 Å². The van der Waals surface area contributed by atoms with E-state index in [-0.39, 0.29) is 24.1 Å². The maximum absolute atomic E-state index is 12.3. The molecule has 1 amide bonds. The Morgan fingerprint density at radius 2 is 1.88 bits per heavy atom. The number of hydrogen-bond acceptors (Lipinski definition) is 3. The lowest BCUT2D eigenvalue weighted by Crippen LogP contribution is -2.30. The van der Waals surface area contributed by atoms with Crippen molar-refractivity contribution in [3.63, 3.8) is 0 Å². The second kappa shape index (κ2) is 12.1. The molecule has 1 saturated heterocycles. The smallest absolute Gasteiger partial charge is 0.223 e. The predicted octanol–water partition coefficient (Wildman–Crippen LogP) is 3.87. The minimum atomic E-state index is 0. The van der Waals surface area contributed by atoms with Gasteiger partial charge in [0, 0.05) is 31.5 Å². The number of rotatable bonds is 10. The SMILES string of the molecule is CCCCCc1ccc(C(=O)CCC(=O)N2CCC(CNC)C2)cc1.Cl. The van der Waals surface area contributed by atoms with Crippen LogP contribution in [0, 0.1) is 5.92 Å². The highest BCUT2D eigenvalue weighted by atomic mass is 35.5. The minimum Gasteiger partial charge on any atom is -0.342 e. The molecule has 0 radical (unpaired) electrons. The van der Waals surface area contributed by atoms with Crippen molar-refractivity contribution in [2.45, 2.75) is 51.9 Å². The summed E-state index contributed by atoms with van der Waals surface area (Å²) in [5.74, 6) is 0.729. The van der Waals surface area contributed by atoms with E-state index in [1.807, 2.05) is 36.2 Å². The van der Waals surface area contributed by atoms with Crippen LogP contribution < -0.4 is 5.32 Å². The topological polar surface area (TPSA) is 49.4 Å². The normalized spacial score (nSPS) is 16.4. The van der Waals surface area contributed by atoms with Crippen molar-refractivity contribution >= 4 is 24.1 Å². The van der Waals surface area contributed by atoms with Crippen LogP contribution in [0.5, 0.6) is 0 Å². The number of unbranched alkanes of at least 4 members (excludes halogenated alkanes) is 2. The zero-order chi connectivity index (χ0) is 18.1. The molecule has 146 valence electrons. The van der Waals surface area contributed by atoms with Crippen molar-refractivity contribution in [3.05, 3.63) is 35.4 Å². The summed E-state index contributed by atoms with van der Waals surface area (Å²) < 4.78 is 0. The number of hydrogen-bond donors (Lipinski definition) is 1. The summed E-state index contributed by atoms with van der Waals surface area (Å²) in [6.07, 6.45) is 6.42. The molecule has 26 heavy (non-hydrogen) atoms. The minimum absolute atomic E-state index is 0. The van der Waals surface area contributed by atoms with Gasteiger partial charge in [-0.1, -0.05) is 44.0 Å². The molecular formula is C21H33ClN2O2. The number of benzene rings is 1. The highest BCUT2D eigenvalue weighted by molar-refractivity contribution is 5.98. The van der Waals surface area contributed by atoms with Crippen LogP contribution in [0.15, 0.2) is 24.3 Å². The van der Waals surface area contributed by atoms with E-state index in [1.54, 1.807) is 0 Å². The number of aryl methyl sites for hydroxylation is 1. The fourth-order valence-corrected chi connectivity index (χ4v) is 3.47. The number of carbonyl (C=O) groups excluding carboxylic acids is 2. The van der Waals surface area contributed by atoms with Crippen molar-refractivity contribution in [2.24, 2.45) is 5.92 Å². The summed E-state index contributed by atoms with van der Waals surface area (Å²) in [5.41, 5.74) is 2.01. The van der Waals surface area contributed by atoms with Gasteiger partial charge in [-0.25, -0.2) is 0 Å². The molecule has 1 aromatic rings. The summed E-state index contributed by atoms with van der Waals surface area (Å²) in [6.45, 7) is 4.80. The van der Waals surface area contributed by atoms with Gasteiger partial charge in [-0.3, -0.25) is 9.59 Å². The summed E-state index contributed by atoms with van der Waals surface area (Å²) in [6, 6.07) is 7.92. The lowest BCUT2D eigenvalue weighted by atomic mass is 10.0. The number of ketones is 1. The number of halogens is 1. The van der Waals surface area contributed by atoms with E-state index in [4.69, 9.17) is 0 Å². The molecule has 0 saturated carbocycles. The van der Waals surface area contributed by atoms with Gasteiger partial charge in [-0.15, -0.1) is 12.4 Å². The van der Waals surface area contributed by atoms with Crippen LogP contribution in [0.3, 0.4) is 0 Å². The molecular weight excluding hydrogens is 348 g/mol. The second-order valence-electron chi connectivity index (χ2n) is 7.13. The van der Waals surface area contributed by atoms with Gasteiger partial charge in [0.2, 0.25) is 5.91 Å². The zero-order valence-electron chi connectivity index (χ0n) is 16.1. The standard InChI is InChI=1S/C21H32N2O2.ClH/c1-3-4-5-6-17-7-9-19(10-8-17)20(24)11-12-21(25)23-14-13-18(16-23)15-22-2;/h7-10,18,22H,3-6,11-16H2,1-2H3;1H. The Kier molecular flexibility index (Phi) is 10.5. The van der Waals surface area contributed by atoms with Crippen molar-refractivity contribution in [3.8, 4) is 0 Å². The Bertz CT molecular complexity index is 560. The molecule has 1 N–H and O–H groups in total. The van der Waals surface area contributed by atoms with Crippen molar-refractivity contribution < 1.29 is 9.59 Å². The molecule has 1 aliphatic heterocycles. The van der Waals surface area contributed by atoms with E-state index in [2.05, 4.69) is 12.2 Å². The van der Waals surface area contributed by atoms with Crippen molar-refractivity contribution in [1.82, 2.24) is 10.2 Å². The Labute approximate surface area is 164 Å². The molecule has 0 bridgehead atoms. The summed E-state index contributed by atoms with van der Waals surface area (Å²) in [4.78, 5) is 26.5. The van der Waals surface area contributed by atoms with Crippen LogP contribution in [-0.4, -0.2) is 43.3 Å². The third-order valence-corrected chi connectivity index (χ3v) is 5.04. The van der Waals surface area contributed by atoms with Gasteiger partial charge in [-0.2, -0.15) is 0 Å². The van der Waals surface area contributed by atoms with Crippen LogP contribution >= 0.6 is 12.4 Å². The Morgan fingerprint density at radius 3 is 2.54 bits per heavy atom. The quantitative estimate of drug-likeness (QED) is 0.495. The number of nitrogens with one attached hydrogen (secondary N) is 1. The molecule has 1 atom stereocenters. The number of Topliss-reactive ketones (excluding diaryl/α,β-unsaturated/α-hetero) is 1. The van der Waals surface area contributed by atoms with Crippen molar-refractivity contribution in [1.29, 1.82) is 0 Å². The number of carbonyl (C=O) groups is 2. The third-order valence-electron chi connectivity index (χ3n) is 5.04. The van der Waals surface area contributed by atoms with Gasteiger partial charge in [-0.05, 0) is 44.3 Å². The lowest BCUT2D eigenvalue weighted by molar-refractivity contribution is -0.130. The molecule has 5 heteroatoms. The lowest BCUT2D eigenvalue weighted by Gasteiger charge is -2.16. The van der Waals surface area contributed by atoms with Gasteiger partial charge >= 0.3 is 0 Å². The Hall–Kier alpha value is -1.39. The fraction of sp³-hybridized carbons (Fsp3) is 0.619. The monoisotopic (exact) mass is 380 g/mol. The van der Waals surface area contributed by atoms with Gasteiger partial charge < -0.3 is 10.2 Å². The first-order chi connectivity index (χ1) is 12.1. The first-order valence-electron chi connectivity index (χ1n) is 9.68. The summed E-state index contributed by atoms with van der Waals surface area (Å²) in [7, 11) is 1.94. The molecule has 1 heterocycles. The molecule has 1 aliphatic rings. The van der Waals surface area contributed by atoms with E-state index in [1.165, 1.54) is 24.8 Å². The average Bonchev–Trinajstić information content (AvgIpc) is 3.09. The zero-order valence-corrected chi connectivity index (χ0v) is 16.9. The maximum atomic E-state index is 12.3. The van der Waals surface area contributed by atoms with Gasteiger partial charge in [0.1, 0.15) is 0 Å². The van der Waals surface area contributed by atoms with Crippen LogP contribution in [0.25, 0.3) is 0 Å². The number of likely N-dealkylation sites (tertiary alicyclic amines) is 1. The van der Waals surface area contributed by atoms with E-state index in [9.17, 15) is 9.59 Å². The highest BCUT2D eigenvalue weighted by Crippen LogP contribution is 2.17. The molecule has 0 aromatic heterocycles. The number of nitrogens with zero attached hydrogens (tertiary/aromatic N) is 1. The molecule has 2 rings (SSSR count). The number of amides is 1. The van der Waals surface area contributed by atoms with Gasteiger partial charge in [0.15, 0.2) is 5.78 Å². The van der Waals surface area contributed by atoms with Crippen molar-refractivity contribution in [2.75, 3.05) is 26.7 Å².